The third-order valence-corrected chi connectivity index (χ3v) is 16.6. The lowest BCUT2D eigenvalue weighted by molar-refractivity contribution is -0.170. The second-order valence-corrected chi connectivity index (χ2v) is 22.6. The molecule has 0 radical (unpaired) electrons. The molecular formula is C59H77FN6O12. The molecule has 2 amide bonds. The van der Waals surface area contributed by atoms with Gasteiger partial charge in [0.05, 0.1) is 40.9 Å². The van der Waals surface area contributed by atoms with Crippen molar-refractivity contribution in [2.45, 2.75) is 124 Å². The molecule has 6 heterocycles. The number of phenolic OH excluding ortho intramolecular Hbond substituents is 2. The summed E-state index contributed by atoms with van der Waals surface area (Å²) in [6.45, 7) is 21.2. The standard InChI is InChI=1S/C59H77FN6O12/c1-31(2)30-64-25-21-59(22-26-64)62-45-42-43-50(69)37(8)53-44(42)54(71)58(10,78-53)76-29-20-41(75-11)34(5)52(77-57(74)38(9)56(73)66-24-13-23-65(27-28-66)40-18-16-39(60)17-19-40)36(7)49(68)35(6)48(67)32(3)14-12-15-33(4)55(72)61-47(51(43)70)46(45)63-59/h12,14-20,29,31-32,34-36,38,41,48-49,52,67-70H,13,21-28,30H2,1-11H3,(H,61,72)/b14-12+,29-20+,33-15-/t32-,34+,35+,36+,38?,41-,48-,49+,52+,58-/m0/s1. The number of ether oxygens (including phenoxy) is 4. The molecule has 5 bridgehead atoms. The lowest BCUT2D eigenvalue weighted by Gasteiger charge is -2.38. The van der Waals surface area contributed by atoms with E-state index >= 15 is 4.79 Å². The van der Waals surface area contributed by atoms with E-state index in [1.807, 2.05) is 0 Å². The Morgan fingerprint density at radius 1 is 0.872 bits per heavy atom. The summed E-state index contributed by atoms with van der Waals surface area (Å²) in [6.07, 6.45) is 4.76. The number of halogens is 1. The normalized spacial score (nSPS) is 29.9. The molecule has 0 aliphatic carbocycles. The van der Waals surface area contributed by atoms with Crippen molar-refractivity contribution >= 4 is 45.7 Å². The predicted molar refractivity (Wildman–Crippen MR) is 291 cm³/mol. The summed E-state index contributed by atoms with van der Waals surface area (Å²) < 4.78 is 38.6. The summed E-state index contributed by atoms with van der Waals surface area (Å²) in [6, 6.07) is 6.16. The van der Waals surface area contributed by atoms with Crippen LogP contribution in [0.1, 0.15) is 97.5 Å². The number of piperidine rings is 1. The number of nitrogens with zero attached hydrogens (tertiary/aromatic N) is 5. The van der Waals surface area contributed by atoms with E-state index in [1.165, 1.54) is 52.4 Å². The molecule has 19 heteroatoms. The summed E-state index contributed by atoms with van der Waals surface area (Å²) in [4.78, 5) is 73.9. The number of phenols is 2. The van der Waals surface area contributed by atoms with Gasteiger partial charge in [0.1, 0.15) is 40.4 Å². The number of aliphatic hydroxyl groups excluding tert-OH is 2. The van der Waals surface area contributed by atoms with Gasteiger partial charge in [-0.3, -0.25) is 29.2 Å². The third-order valence-electron chi connectivity index (χ3n) is 16.6. The van der Waals surface area contributed by atoms with Crippen LogP contribution in [0.2, 0.25) is 0 Å². The number of aromatic hydroxyl groups is 2. The molecule has 6 aliphatic heterocycles. The van der Waals surface area contributed by atoms with Gasteiger partial charge in [0, 0.05) is 119 Å². The van der Waals surface area contributed by atoms with Gasteiger partial charge in [-0.15, -0.1) is 0 Å². The fourth-order valence-electron chi connectivity index (χ4n) is 11.7. The first-order valence-electron chi connectivity index (χ1n) is 27.3. The Hall–Kier alpha value is -6.41. The second-order valence-electron chi connectivity index (χ2n) is 22.6. The van der Waals surface area contributed by atoms with Crippen molar-refractivity contribution in [2.75, 3.05) is 63.1 Å². The van der Waals surface area contributed by atoms with Gasteiger partial charge >= 0.3 is 11.8 Å². The Bertz CT molecular complexity index is 3030. The number of aliphatic hydroxyl groups is 2. The number of hydrogen-bond acceptors (Lipinski definition) is 16. The van der Waals surface area contributed by atoms with Crippen molar-refractivity contribution in [3.63, 3.8) is 0 Å². The molecule has 10 atom stereocenters. The first-order chi connectivity index (χ1) is 36.9. The zero-order chi connectivity index (χ0) is 56.7. The van der Waals surface area contributed by atoms with Crippen LogP contribution in [0, 0.1) is 48.2 Å². The summed E-state index contributed by atoms with van der Waals surface area (Å²) in [5.74, 6) is -9.66. The van der Waals surface area contributed by atoms with Gasteiger partial charge in [-0.1, -0.05) is 59.8 Å². The molecular weight excluding hydrogens is 1000 g/mol. The quantitative estimate of drug-likeness (QED) is 0.100. The fraction of sp³-hybridized carbons (Fsp3) is 0.559. The maximum Gasteiger partial charge on any atom is 0.318 e. The van der Waals surface area contributed by atoms with E-state index in [-0.39, 0.29) is 55.4 Å². The molecule has 1 unspecified atom stereocenters. The molecule has 2 saturated heterocycles. The number of anilines is 2. The smallest absolute Gasteiger partial charge is 0.318 e. The van der Waals surface area contributed by atoms with Crippen LogP contribution < -0.4 is 25.7 Å². The second kappa shape index (κ2) is 23.1. The van der Waals surface area contributed by atoms with Gasteiger partial charge in [0.15, 0.2) is 11.4 Å². The van der Waals surface area contributed by atoms with E-state index in [1.54, 1.807) is 69.9 Å². The Kier molecular flexibility index (Phi) is 17.1. The number of esters is 1. The minimum atomic E-state index is -2.04. The summed E-state index contributed by atoms with van der Waals surface area (Å²) in [7, 11) is 1.43. The average molecular weight is 1080 g/mol. The molecule has 78 heavy (non-hydrogen) atoms. The average Bonchev–Trinajstić information content (AvgIpc) is 3.58. The van der Waals surface area contributed by atoms with Gasteiger partial charge in [-0.2, -0.15) is 0 Å². The number of carbonyl (C=O) groups excluding carboxylic acids is 4. The van der Waals surface area contributed by atoms with Crippen LogP contribution in [0.3, 0.4) is 0 Å². The maximum absolute atomic E-state index is 15.0. The minimum absolute atomic E-state index is 0.00399. The highest BCUT2D eigenvalue weighted by Gasteiger charge is 2.50. The zero-order valence-corrected chi connectivity index (χ0v) is 46.7. The monoisotopic (exact) mass is 1080 g/mol. The topological polar surface area (TPSA) is 233 Å². The number of methoxy groups -OCH3 is 1. The highest BCUT2D eigenvalue weighted by atomic mass is 19.1. The number of likely N-dealkylation sites (tertiary alicyclic amines) is 1. The van der Waals surface area contributed by atoms with Gasteiger partial charge in [0.2, 0.25) is 5.91 Å². The number of rotatable bonds is 7. The Morgan fingerprint density at radius 3 is 2.22 bits per heavy atom. The first-order valence-corrected chi connectivity index (χ1v) is 27.3. The number of nitrogens with one attached hydrogen (secondary N) is 1. The van der Waals surface area contributed by atoms with Crippen LogP contribution in [0.4, 0.5) is 15.8 Å². The molecule has 422 valence electrons. The Labute approximate surface area is 455 Å². The van der Waals surface area contributed by atoms with Crippen molar-refractivity contribution in [1.82, 2.24) is 9.80 Å². The van der Waals surface area contributed by atoms with Gasteiger partial charge in [-0.25, -0.2) is 4.39 Å². The molecule has 6 aliphatic rings. The van der Waals surface area contributed by atoms with Gasteiger partial charge in [-0.05, 0) is 63.5 Å². The third kappa shape index (κ3) is 11.3. The largest absolute Gasteiger partial charge is 0.507 e. The number of ketones is 1. The number of amides is 2. The van der Waals surface area contributed by atoms with Crippen LogP contribution in [0.25, 0.3) is 10.8 Å². The van der Waals surface area contributed by atoms with Crippen LogP contribution >= 0.6 is 0 Å². The number of Topliss-reactive ketones (excluding diaryl/α,β-unsaturated/α-hetero) is 1. The SMILES string of the molecule is CO[C@H]1/C=C/O[C@@]2(C)Oc3c(C)c(O)c4c(O)c(c5c(c4c3C2=O)=NC2(CCN(CC(C)C)CC2)N=5)NC(=O)/C(C)=C\C=C\[C@H](C)[C@H](O)[C@@H](C)[C@@H](O)[C@@H](C)[C@H](OC(=O)C(C)C(=O)N2CCCN(c3ccc(F)cc3)CC2)[C@@H]1C. The van der Waals surface area contributed by atoms with Crippen molar-refractivity contribution in [1.29, 1.82) is 0 Å². The Balaban J connectivity index is 1.15. The number of hydrogen-bond donors (Lipinski definition) is 5. The Morgan fingerprint density at radius 2 is 1.55 bits per heavy atom. The van der Waals surface area contributed by atoms with E-state index in [9.17, 15) is 39.2 Å². The van der Waals surface area contributed by atoms with Crippen LogP contribution in [0.5, 0.6) is 17.2 Å². The fourth-order valence-corrected chi connectivity index (χ4v) is 11.7. The van der Waals surface area contributed by atoms with Crippen LogP contribution in [-0.4, -0.2) is 143 Å². The zero-order valence-electron chi connectivity index (χ0n) is 46.7. The molecule has 2 fully saturated rings. The number of allylic oxidation sites excluding steroid dienone is 2. The summed E-state index contributed by atoms with van der Waals surface area (Å²) in [5.41, 5.74) is 0.0670. The molecule has 3 aromatic carbocycles. The van der Waals surface area contributed by atoms with Crippen molar-refractivity contribution in [2.24, 2.45) is 45.5 Å². The lowest BCUT2D eigenvalue weighted by Crippen LogP contribution is -2.48. The van der Waals surface area contributed by atoms with E-state index in [0.717, 1.165) is 12.2 Å². The minimum Gasteiger partial charge on any atom is -0.507 e. The van der Waals surface area contributed by atoms with Crippen molar-refractivity contribution < 1.29 is 62.9 Å². The van der Waals surface area contributed by atoms with Crippen LogP contribution in [0.15, 0.2) is 70.4 Å². The predicted octanol–water partition coefficient (Wildman–Crippen LogP) is 6.24. The molecule has 18 nitrogen and oxygen atoms in total. The first kappa shape index (κ1) is 57.8. The molecule has 0 saturated carbocycles. The number of benzene rings is 3. The van der Waals surface area contributed by atoms with Crippen molar-refractivity contribution in [3.8, 4) is 17.2 Å². The molecule has 5 N–H and O–H groups in total. The number of carbonyl (C=O) groups is 4. The number of fused-ring (bicyclic) bond motifs is 13. The van der Waals surface area contributed by atoms with E-state index in [4.69, 9.17) is 28.9 Å². The van der Waals surface area contributed by atoms with Crippen LogP contribution in [-0.2, 0) is 28.6 Å². The molecule has 1 spiro atoms. The van der Waals surface area contributed by atoms with Gasteiger partial charge in [0.25, 0.3) is 11.7 Å². The lowest BCUT2D eigenvalue weighted by atomic mass is 9.78. The molecule has 3 aromatic rings. The van der Waals surface area contributed by atoms with E-state index < -0.39 is 101 Å². The maximum atomic E-state index is 15.0. The summed E-state index contributed by atoms with van der Waals surface area (Å²) in [5, 5.41) is 51.2. The van der Waals surface area contributed by atoms with Crippen molar-refractivity contribution in [3.05, 3.63) is 88.1 Å². The van der Waals surface area contributed by atoms with E-state index in [2.05, 4.69) is 29.0 Å². The summed E-state index contributed by atoms with van der Waals surface area (Å²) >= 11 is 0. The highest BCUT2D eigenvalue weighted by molar-refractivity contribution is 6.19. The van der Waals surface area contributed by atoms with E-state index in [0.29, 0.717) is 64.4 Å². The van der Waals surface area contributed by atoms with Gasteiger partial charge < -0.3 is 59.4 Å². The highest BCUT2D eigenvalue weighted by Crippen LogP contribution is 2.50. The molecule has 9 rings (SSSR count). The molecule has 0 aromatic heterocycles.